The van der Waals surface area contributed by atoms with Gasteiger partial charge in [0.05, 0.1) is 38.9 Å². The van der Waals surface area contributed by atoms with Crippen LogP contribution in [0.15, 0.2) is 207 Å². The standard InChI is InChI=1S/C52H32N2O3/c1-3-17-35(18-4-1)53(40-23-13-27-46-49(40)37-21-9-11-25-44(37)55-46)42-29-30-43(52-51(42)39-31-33-15-7-8-16-34(33)32-48(39)57-52)54(36-19-5-2-6-20-36)41-24-14-28-47-50(41)38-22-10-12-26-45(38)56-47/h1-32H. The van der Waals surface area contributed by atoms with Crippen LogP contribution < -0.4 is 9.80 Å². The molecule has 0 aliphatic rings. The lowest BCUT2D eigenvalue weighted by atomic mass is 10.0. The summed E-state index contributed by atoms with van der Waals surface area (Å²) in [4.78, 5) is 4.67. The van der Waals surface area contributed by atoms with Gasteiger partial charge < -0.3 is 23.1 Å². The Morgan fingerprint density at radius 3 is 1.33 bits per heavy atom. The van der Waals surface area contributed by atoms with Crippen molar-refractivity contribution in [3.8, 4) is 0 Å². The van der Waals surface area contributed by atoms with Crippen molar-refractivity contribution in [2.24, 2.45) is 0 Å². The van der Waals surface area contributed by atoms with E-state index in [1.807, 2.05) is 30.3 Å². The number of fused-ring (bicyclic) bond motifs is 10. The van der Waals surface area contributed by atoms with Crippen molar-refractivity contribution in [3.05, 3.63) is 194 Å². The third-order valence-electron chi connectivity index (χ3n) is 11.2. The summed E-state index contributed by atoms with van der Waals surface area (Å²) in [6, 6.07) is 67.6. The van der Waals surface area contributed by atoms with Crippen molar-refractivity contribution >= 4 is 111 Å². The molecular weight excluding hydrogens is 701 g/mol. The van der Waals surface area contributed by atoms with Gasteiger partial charge in [0.1, 0.15) is 27.9 Å². The molecule has 0 unspecified atom stereocenters. The second-order valence-electron chi connectivity index (χ2n) is 14.4. The molecule has 12 rings (SSSR count). The molecule has 12 aromatic rings. The zero-order chi connectivity index (χ0) is 37.5. The Kier molecular flexibility index (Phi) is 6.86. The molecule has 0 amide bonds. The third-order valence-corrected chi connectivity index (χ3v) is 11.2. The van der Waals surface area contributed by atoms with E-state index in [2.05, 4.69) is 174 Å². The predicted octanol–water partition coefficient (Wildman–Crippen LogP) is 15.5. The highest BCUT2D eigenvalue weighted by Crippen LogP contribution is 2.52. The van der Waals surface area contributed by atoms with Gasteiger partial charge in [-0.1, -0.05) is 109 Å². The van der Waals surface area contributed by atoms with Gasteiger partial charge in [-0.05, 0) is 95.7 Å². The van der Waals surface area contributed by atoms with Crippen LogP contribution in [-0.2, 0) is 0 Å². The van der Waals surface area contributed by atoms with Crippen molar-refractivity contribution in [1.82, 2.24) is 0 Å². The van der Waals surface area contributed by atoms with E-state index in [0.717, 1.165) is 111 Å². The monoisotopic (exact) mass is 732 g/mol. The molecule has 0 saturated heterocycles. The zero-order valence-corrected chi connectivity index (χ0v) is 30.6. The van der Waals surface area contributed by atoms with E-state index in [9.17, 15) is 0 Å². The number of furan rings is 3. The number of anilines is 6. The highest BCUT2D eigenvalue weighted by Gasteiger charge is 2.28. The molecule has 0 fully saturated rings. The van der Waals surface area contributed by atoms with Gasteiger partial charge in [0.25, 0.3) is 0 Å². The molecule has 0 bridgehead atoms. The van der Waals surface area contributed by atoms with E-state index >= 15 is 0 Å². The van der Waals surface area contributed by atoms with Crippen LogP contribution in [-0.4, -0.2) is 0 Å². The molecule has 0 N–H and O–H groups in total. The van der Waals surface area contributed by atoms with Gasteiger partial charge in [-0.15, -0.1) is 0 Å². The van der Waals surface area contributed by atoms with E-state index in [1.54, 1.807) is 0 Å². The fourth-order valence-corrected chi connectivity index (χ4v) is 8.75. The summed E-state index contributed by atoms with van der Waals surface area (Å²) in [6.45, 7) is 0. The van der Waals surface area contributed by atoms with Crippen molar-refractivity contribution in [2.45, 2.75) is 0 Å². The average molecular weight is 733 g/mol. The number of benzene rings is 9. The van der Waals surface area contributed by atoms with Gasteiger partial charge in [0.15, 0.2) is 5.58 Å². The summed E-state index contributed by atoms with van der Waals surface area (Å²) in [7, 11) is 0. The molecule has 0 spiro atoms. The molecule has 268 valence electrons. The minimum Gasteiger partial charge on any atom is -0.456 e. The molecule has 0 atom stereocenters. The first kappa shape index (κ1) is 31.6. The van der Waals surface area contributed by atoms with Gasteiger partial charge in [0, 0.05) is 27.5 Å². The van der Waals surface area contributed by atoms with Gasteiger partial charge in [-0.3, -0.25) is 0 Å². The van der Waals surface area contributed by atoms with Gasteiger partial charge in [0.2, 0.25) is 0 Å². The Morgan fingerprint density at radius 1 is 0.281 bits per heavy atom. The Labute approximate surface area is 326 Å². The van der Waals surface area contributed by atoms with E-state index < -0.39 is 0 Å². The molecule has 0 radical (unpaired) electrons. The third kappa shape index (κ3) is 4.82. The van der Waals surface area contributed by atoms with Crippen LogP contribution in [0, 0.1) is 0 Å². The van der Waals surface area contributed by atoms with Crippen LogP contribution in [0.1, 0.15) is 0 Å². The highest BCUT2D eigenvalue weighted by atomic mass is 16.3. The molecule has 57 heavy (non-hydrogen) atoms. The Balaban J connectivity index is 1.22. The first-order valence-electron chi connectivity index (χ1n) is 19.2. The summed E-state index contributed by atoms with van der Waals surface area (Å²) in [6.07, 6.45) is 0. The molecule has 0 saturated carbocycles. The van der Waals surface area contributed by atoms with Crippen molar-refractivity contribution < 1.29 is 13.3 Å². The summed E-state index contributed by atoms with van der Waals surface area (Å²) >= 11 is 0. The summed E-state index contributed by atoms with van der Waals surface area (Å²) in [5.74, 6) is 0. The first-order chi connectivity index (χ1) is 28.3. The summed E-state index contributed by atoms with van der Waals surface area (Å²) < 4.78 is 20.1. The van der Waals surface area contributed by atoms with E-state index in [0.29, 0.717) is 0 Å². The lowest BCUT2D eigenvalue weighted by Crippen LogP contribution is -2.13. The van der Waals surface area contributed by atoms with E-state index in [-0.39, 0.29) is 0 Å². The average Bonchev–Trinajstić information content (AvgIpc) is 3.96. The number of rotatable bonds is 6. The molecular formula is C52H32N2O3. The molecule has 5 heteroatoms. The Hall–Kier alpha value is -7.76. The normalized spacial score (nSPS) is 11.9. The lowest BCUT2D eigenvalue weighted by molar-refractivity contribution is 0.668. The Bertz CT molecular complexity index is 3490. The second-order valence-corrected chi connectivity index (χ2v) is 14.4. The van der Waals surface area contributed by atoms with Crippen LogP contribution >= 0.6 is 0 Å². The largest absolute Gasteiger partial charge is 0.456 e. The van der Waals surface area contributed by atoms with Crippen molar-refractivity contribution in [2.75, 3.05) is 9.80 Å². The molecule has 5 nitrogen and oxygen atoms in total. The fourth-order valence-electron chi connectivity index (χ4n) is 8.75. The van der Waals surface area contributed by atoms with Crippen LogP contribution in [0.4, 0.5) is 34.1 Å². The molecule has 0 aliphatic carbocycles. The minimum atomic E-state index is 0.775. The molecule has 9 aromatic carbocycles. The molecule has 0 aliphatic heterocycles. The number of hydrogen-bond donors (Lipinski definition) is 0. The van der Waals surface area contributed by atoms with Gasteiger partial charge in [-0.25, -0.2) is 0 Å². The van der Waals surface area contributed by atoms with Crippen LogP contribution in [0.3, 0.4) is 0 Å². The number of hydrogen-bond acceptors (Lipinski definition) is 5. The maximum atomic E-state index is 7.19. The van der Waals surface area contributed by atoms with E-state index in [4.69, 9.17) is 13.3 Å². The zero-order valence-electron chi connectivity index (χ0n) is 30.6. The van der Waals surface area contributed by atoms with Gasteiger partial charge in [-0.2, -0.15) is 0 Å². The second kappa shape index (κ2) is 12.4. The molecule has 3 aromatic heterocycles. The highest BCUT2D eigenvalue weighted by molar-refractivity contribution is 6.22. The van der Waals surface area contributed by atoms with Gasteiger partial charge >= 0.3 is 0 Å². The van der Waals surface area contributed by atoms with Crippen LogP contribution in [0.25, 0.3) is 76.6 Å². The van der Waals surface area contributed by atoms with Crippen LogP contribution in [0.5, 0.6) is 0 Å². The van der Waals surface area contributed by atoms with E-state index in [1.165, 1.54) is 0 Å². The minimum absolute atomic E-state index is 0.775. The SMILES string of the molecule is c1ccc(N(c2ccc(N(c3ccccc3)c3cccc4oc5ccccc5c34)c3c2oc2cc4ccccc4cc23)c2cccc3oc4ccccc4c23)cc1. The number of para-hydroxylation sites is 4. The predicted molar refractivity (Wildman–Crippen MR) is 235 cm³/mol. The smallest absolute Gasteiger partial charge is 0.161 e. The first-order valence-corrected chi connectivity index (χ1v) is 19.2. The quantitative estimate of drug-likeness (QED) is 0.170. The molecule has 3 heterocycles. The van der Waals surface area contributed by atoms with Crippen molar-refractivity contribution in [3.63, 3.8) is 0 Å². The topological polar surface area (TPSA) is 45.9 Å². The van der Waals surface area contributed by atoms with Crippen LogP contribution in [0.2, 0.25) is 0 Å². The maximum absolute atomic E-state index is 7.19. The lowest BCUT2D eigenvalue weighted by Gasteiger charge is -2.29. The summed E-state index contributed by atoms with van der Waals surface area (Å²) in [5.41, 5.74) is 10.9. The maximum Gasteiger partial charge on any atom is 0.161 e. The number of nitrogens with zero attached hydrogens (tertiary/aromatic N) is 2. The summed E-state index contributed by atoms with van der Waals surface area (Å²) in [5, 5.41) is 8.53. The van der Waals surface area contributed by atoms with Crippen molar-refractivity contribution in [1.29, 1.82) is 0 Å². The Morgan fingerprint density at radius 2 is 0.737 bits per heavy atom. The fraction of sp³-hybridized carbons (Fsp3) is 0.